The molecular formula is C17H32N2O4. The number of aliphatic hydroxyl groups is 1. The van der Waals surface area contributed by atoms with Gasteiger partial charge in [-0.3, -0.25) is 0 Å². The van der Waals surface area contributed by atoms with Crippen LogP contribution in [-0.4, -0.2) is 66.7 Å². The number of carbonyl (C=O) groups excluding carboxylic acids is 1. The molecule has 0 aromatic carbocycles. The van der Waals surface area contributed by atoms with Crippen LogP contribution in [0.15, 0.2) is 0 Å². The van der Waals surface area contributed by atoms with Gasteiger partial charge in [0.05, 0.1) is 19.3 Å². The molecule has 1 saturated heterocycles. The molecule has 1 heterocycles. The van der Waals surface area contributed by atoms with E-state index in [4.69, 9.17) is 9.47 Å². The maximum atomic E-state index is 12.4. The van der Waals surface area contributed by atoms with E-state index in [9.17, 15) is 9.90 Å². The summed E-state index contributed by atoms with van der Waals surface area (Å²) in [6, 6.07) is 0.293. The number of ether oxygens (including phenoxy) is 2. The maximum absolute atomic E-state index is 12.4. The maximum Gasteiger partial charge on any atom is 0.410 e. The van der Waals surface area contributed by atoms with Gasteiger partial charge in [0.1, 0.15) is 5.60 Å². The number of nitrogens with zero attached hydrogens (tertiary/aromatic N) is 1. The summed E-state index contributed by atoms with van der Waals surface area (Å²) in [5.41, 5.74) is -0.383. The largest absolute Gasteiger partial charge is 0.444 e. The number of hydrogen-bond donors (Lipinski definition) is 2. The van der Waals surface area contributed by atoms with E-state index in [1.165, 1.54) is 0 Å². The van der Waals surface area contributed by atoms with Crippen molar-refractivity contribution in [1.29, 1.82) is 0 Å². The Morgan fingerprint density at radius 2 is 2.17 bits per heavy atom. The molecule has 134 valence electrons. The number of rotatable bonds is 6. The molecule has 1 amide bonds. The van der Waals surface area contributed by atoms with Crippen LogP contribution in [0.4, 0.5) is 4.79 Å². The second-order valence-corrected chi connectivity index (χ2v) is 8.08. The lowest BCUT2D eigenvalue weighted by Crippen LogP contribution is -2.52. The molecule has 0 spiro atoms. The standard InChI is InChI=1S/C17H32N2O4/c1-13(18-11-17(12-20)5-6-17)9-14-10-22-8-7-19(14)15(21)23-16(2,3)4/h13-14,18,20H,5-12H2,1-4H3. The summed E-state index contributed by atoms with van der Waals surface area (Å²) in [6.07, 6.45) is 2.76. The van der Waals surface area contributed by atoms with E-state index in [-0.39, 0.29) is 30.2 Å². The van der Waals surface area contributed by atoms with E-state index in [1.807, 2.05) is 20.8 Å². The van der Waals surface area contributed by atoms with Crippen molar-refractivity contribution in [2.75, 3.05) is 32.9 Å². The van der Waals surface area contributed by atoms with E-state index in [0.717, 1.165) is 25.8 Å². The molecular weight excluding hydrogens is 296 g/mol. The minimum absolute atomic E-state index is 0.0328. The fourth-order valence-corrected chi connectivity index (χ4v) is 2.86. The van der Waals surface area contributed by atoms with Crippen LogP contribution in [0.3, 0.4) is 0 Å². The highest BCUT2D eigenvalue weighted by Gasteiger charge is 2.42. The zero-order valence-corrected chi connectivity index (χ0v) is 14.9. The Bertz CT molecular complexity index is 404. The Kier molecular flexibility index (Phi) is 5.92. The van der Waals surface area contributed by atoms with Gasteiger partial charge in [-0.2, -0.15) is 0 Å². The zero-order chi connectivity index (χ0) is 17.1. The quantitative estimate of drug-likeness (QED) is 0.777. The SMILES string of the molecule is CC(CC1COCCN1C(=O)OC(C)(C)C)NCC1(CO)CC1. The second-order valence-electron chi connectivity index (χ2n) is 8.08. The number of aliphatic hydroxyl groups excluding tert-OH is 1. The molecule has 6 heteroatoms. The van der Waals surface area contributed by atoms with Gasteiger partial charge in [0.15, 0.2) is 0 Å². The molecule has 0 aromatic heterocycles. The third-order valence-electron chi connectivity index (χ3n) is 4.60. The fourth-order valence-electron chi connectivity index (χ4n) is 2.86. The number of nitrogens with one attached hydrogen (secondary N) is 1. The highest BCUT2D eigenvalue weighted by atomic mass is 16.6. The second kappa shape index (κ2) is 7.36. The Labute approximate surface area is 139 Å². The minimum atomic E-state index is -0.483. The first-order valence-electron chi connectivity index (χ1n) is 8.66. The lowest BCUT2D eigenvalue weighted by molar-refractivity contribution is -0.0356. The number of amides is 1. The molecule has 2 aliphatic rings. The van der Waals surface area contributed by atoms with Crippen molar-refractivity contribution in [1.82, 2.24) is 10.2 Å². The minimum Gasteiger partial charge on any atom is -0.444 e. The van der Waals surface area contributed by atoms with Crippen LogP contribution >= 0.6 is 0 Å². The van der Waals surface area contributed by atoms with E-state index in [1.54, 1.807) is 4.90 Å². The van der Waals surface area contributed by atoms with Crippen LogP contribution in [-0.2, 0) is 9.47 Å². The average Bonchev–Trinajstić information content (AvgIpc) is 3.24. The van der Waals surface area contributed by atoms with Gasteiger partial charge in [0.25, 0.3) is 0 Å². The summed E-state index contributed by atoms with van der Waals surface area (Å²) in [6.45, 7) is 10.6. The topological polar surface area (TPSA) is 71.0 Å². The van der Waals surface area contributed by atoms with Crippen molar-refractivity contribution in [3.05, 3.63) is 0 Å². The molecule has 1 saturated carbocycles. The molecule has 2 fully saturated rings. The van der Waals surface area contributed by atoms with Gasteiger partial charge in [-0.25, -0.2) is 4.79 Å². The molecule has 0 bridgehead atoms. The first kappa shape index (κ1) is 18.5. The van der Waals surface area contributed by atoms with Crippen molar-refractivity contribution >= 4 is 6.09 Å². The molecule has 2 N–H and O–H groups in total. The lowest BCUT2D eigenvalue weighted by atomic mass is 10.0. The van der Waals surface area contributed by atoms with Crippen LogP contribution in [0.1, 0.15) is 47.0 Å². The predicted octanol–water partition coefficient (Wildman–Crippen LogP) is 1.76. The predicted molar refractivity (Wildman–Crippen MR) is 88.4 cm³/mol. The normalized spacial score (nSPS) is 25.1. The highest BCUT2D eigenvalue weighted by molar-refractivity contribution is 5.68. The molecule has 6 nitrogen and oxygen atoms in total. The van der Waals surface area contributed by atoms with Crippen molar-refractivity contribution in [2.24, 2.45) is 5.41 Å². The van der Waals surface area contributed by atoms with Gasteiger partial charge in [-0.15, -0.1) is 0 Å². The van der Waals surface area contributed by atoms with E-state index < -0.39 is 5.60 Å². The smallest absolute Gasteiger partial charge is 0.410 e. The third-order valence-corrected chi connectivity index (χ3v) is 4.60. The summed E-state index contributed by atoms with van der Waals surface area (Å²) in [7, 11) is 0. The Hall–Kier alpha value is -0.850. The van der Waals surface area contributed by atoms with E-state index >= 15 is 0 Å². The van der Waals surface area contributed by atoms with Gasteiger partial charge >= 0.3 is 6.09 Å². The lowest BCUT2D eigenvalue weighted by Gasteiger charge is -2.38. The van der Waals surface area contributed by atoms with Gasteiger partial charge in [0.2, 0.25) is 0 Å². The Morgan fingerprint density at radius 1 is 1.48 bits per heavy atom. The summed E-state index contributed by atoms with van der Waals surface area (Å²) in [4.78, 5) is 14.2. The molecule has 0 radical (unpaired) electrons. The van der Waals surface area contributed by atoms with Crippen molar-refractivity contribution in [3.8, 4) is 0 Å². The molecule has 2 atom stereocenters. The third kappa shape index (κ3) is 5.62. The van der Waals surface area contributed by atoms with Crippen molar-refractivity contribution < 1.29 is 19.4 Å². The summed E-state index contributed by atoms with van der Waals surface area (Å²) in [5, 5.41) is 12.9. The molecule has 0 aromatic rings. The highest BCUT2D eigenvalue weighted by Crippen LogP contribution is 2.44. The zero-order valence-electron chi connectivity index (χ0n) is 14.9. The first-order valence-corrected chi connectivity index (χ1v) is 8.66. The molecule has 1 aliphatic heterocycles. The van der Waals surface area contributed by atoms with Crippen LogP contribution in [0.2, 0.25) is 0 Å². The molecule has 2 rings (SSSR count). The van der Waals surface area contributed by atoms with Gasteiger partial charge in [0, 0.05) is 31.2 Å². The van der Waals surface area contributed by atoms with Crippen LogP contribution in [0, 0.1) is 5.41 Å². The number of carbonyl (C=O) groups is 1. The van der Waals surface area contributed by atoms with Crippen LogP contribution in [0.5, 0.6) is 0 Å². The summed E-state index contributed by atoms with van der Waals surface area (Å²) < 4.78 is 11.1. The van der Waals surface area contributed by atoms with Crippen LogP contribution in [0.25, 0.3) is 0 Å². The van der Waals surface area contributed by atoms with E-state index in [2.05, 4.69) is 12.2 Å². The molecule has 1 aliphatic carbocycles. The molecule has 23 heavy (non-hydrogen) atoms. The van der Waals surface area contributed by atoms with Crippen molar-refractivity contribution in [2.45, 2.75) is 64.6 Å². The molecule has 2 unspecified atom stereocenters. The van der Waals surface area contributed by atoms with E-state index in [0.29, 0.717) is 19.8 Å². The van der Waals surface area contributed by atoms with Crippen molar-refractivity contribution in [3.63, 3.8) is 0 Å². The summed E-state index contributed by atoms with van der Waals surface area (Å²) >= 11 is 0. The summed E-state index contributed by atoms with van der Waals surface area (Å²) in [5.74, 6) is 0. The average molecular weight is 328 g/mol. The Balaban J connectivity index is 1.84. The number of hydrogen-bond acceptors (Lipinski definition) is 5. The van der Waals surface area contributed by atoms with Gasteiger partial charge < -0.3 is 24.8 Å². The van der Waals surface area contributed by atoms with Gasteiger partial charge in [-0.1, -0.05) is 0 Å². The monoisotopic (exact) mass is 328 g/mol. The Morgan fingerprint density at radius 3 is 2.74 bits per heavy atom. The van der Waals surface area contributed by atoms with Crippen LogP contribution < -0.4 is 5.32 Å². The number of morpholine rings is 1. The fraction of sp³-hybridized carbons (Fsp3) is 0.941. The van der Waals surface area contributed by atoms with Gasteiger partial charge in [-0.05, 0) is 47.0 Å². The first-order chi connectivity index (χ1) is 10.7.